The van der Waals surface area contributed by atoms with Crippen molar-refractivity contribution in [1.82, 2.24) is 5.32 Å². The summed E-state index contributed by atoms with van der Waals surface area (Å²) in [7, 11) is 0. The lowest BCUT2D eigenvalue weighted by Gasteiger charge is -2.11. The predicted octanol–water partition coefficient (Wildman–Crippen LogP) is 4.16. The van der Waals surface area contributed by atoms with Gasteiger partial charge in [0.05, 0.1) is 0 Å². The highest BCUT2D eigenvalue weighted by Crippen LogP contribution is 2.12. The summed E-state index contributed by atoms with van der Waals surface area (Å²) in [5.74, 6) is -0.0256. The summed E-state index contributed by atoms with van der Waals surface area (Å²) >= 11 is 0. The Kier molecular flexibility index (Phi) is 9.78. The Balaban J connectivity index is 1.80. The molecule has 1 saturated heterocycles. The van der Waals surface area contributed by atoms with Gasteiger partial charge in [0.25, 0.3) is 0 Å². The fourth-order valence-electron chi connectivity index (χ4n) is 2.55. The predicted molar refractivity (Wildman–Crippen MR) is 79.0 cm³/mol. The fraction of sp³-hybridized carbons (Fsp3) is 0.938. The summed E-state index contributed by atoms with van der Waals surface area (Å²) in [4.78, 5) is 11.5. The zero-order chi connectivity index (χ0) is 13.8. The van der Waals surface area contributed by atoms with Crippen LogP contribution in [0.3, 0.4) is 0 Å². The van der Waals surface area contributed by atoms with Crippen molar-refractivity contribution in [1.29, 1.82) is 0 Å². The number of unbranched alkanes of at least 4 members (excludes halogenated alkanes) is 8. The van der Waals surface area contributed by atoms with Crippen LogP contribution in [0.1, 0.15) is 84.0 Å². The highest BCUT2D eigenvalue weighted by Gasteiger charge is 2.17. The lowest BCUT2D eigenvalue weighted by Crippen LogP contribution is -2.27. The van der Waals surface area contributed by atoms with E-state index in [4.69, 9.17) is 4.74 Å². The number of ether oxygens (including phenoxy) is 1. The zero-order valence-corrected chi connectivity index (χ0v) is 12.6. The van der Waals surface area contributed by atoms with E-state index in [0.717, 1.165) is 25.8 Å². The van der Waals surface area contributed by atoms with Crippen LogP contribution >= 0.6 is 0 Å². The molecule has 0 aliphatic carbocycles. The molecule has 0 amide bonds. The number of carbonyl (C=O) groups excluding carboxylic acids is 1. The normalized spacial score (nSPS) is 18.7. The molecule has 1 aliphatic rings. The van der Waals surface area contributed by atoms with Gasteiger partial charge in [0.2, 0.25) is 0 Å². The van der Waals surface area contributed by atoms with E-state index in [9.17, 15) is 4.79 Å². The molecule has 0 spiro atoms. The van der Waals surface area contributed by atoms with E-state index in [2.05, 4.69) is 12.2 Å². The molecule has 0 aromatic heterocycles. The second kappa shape index (κ2) is 11.3. The van der Waals surface area contributed by atoms with Crippen molar-refractivity contribution >= 4 is 5.97 Å². The van der Waals surface area contributed by atoms with Gasteiger partial charge in [-0.05, 0) is 25.8 Å². The van der Waals surface area contributed by atoms with Gasteiger partial charge in [-0.3, -0.25) is 10.1 Å². The number of hydrogen-bond donors (Lipinski definition) is 1. The number of hydrogen-bond acceptors (Lipinski definition) is 3. The first kappa shape index (κ1) is 16.5. The van der Waals surface area contributed by atoms with Gasteiger partial charge in [-0.2, -0.15) is 0 Å². The quantitative estimate of drug-likeness (QED) is 0.452. The van der Waals surface area contributed by atoms with Gasteiger partial charge in [-0.15, -0.1) is 0 Å². The van der Waals surface area contributed by atoms with E-state index in [0.29, 0.717) is 6.42 Å². The van der Waals surface area contributed by atoms with Gasteiger partial charge >= 0.3 is 5.97 Å². The minimum absolute atomic E-state index is 0.00827. The van der Waals surface area contributed by atoms with E-state index in [-0.39, 0.29) is 12.2 Å². The Hall–Kier alpha value is -0.570. The first-order valence-corrected chi connectivity index (χ1v) is 8.26. The molecule has 0 radical (unpaired) electrons. The van der Waals surface area contributed by atoms with Crippen LogP contribution in [0, 0.1) is 0 Å². The maximum atomic E-state index is 11.5. The van der Waals surface area contributed by atoms with Crippen LogP contribution in [0.15, 0.2) is 0 Å². The number of nitrogens with one attached hydrogen (secondary N) is 1. The van der Waals surface area contributed by atoms with Crippen LogP contribution in [0.25, 0.3) is 0 Å². The Morgan fingerprint density at radius 2 is 1.68 bits per heavy atom. The average Bonchev–Trinajstić information content (AvgIpc) is 2.89. The van der Waals surface area contributed by atoms with Gasteiger partial charge in [-0.1, -0.05) is 58.3 Å². The van der Waals surface area contributed by atoms with Crippen molar-refractivity contribution in [3.05, 3.63) is 0 Å². The molecule has 1 heterocycles. The van der Waals surface area contributed by atoms with E-state index >= 15 is 0 Å². The van der Waals surface area contributed by atoms with Crippen molar-refractivity contribution < 1.29 is 9.53 Å². The number of rotatable bonds is 11. The monoisotopic (exact) mass is 269 g/mol. The summed E-state index contributed by atoms with van der Waals surface area (Å²) in [5.41, 5.74) is 0. The van der Waals surface area contributed by atoms with Crippen LogP contribution in [-0.4, -0.2) is 18.7 Å². The molecule has 0 bridgehead atoms. The third kappa shape index (κ3) is 9.04. The smallest absolute Gasteiger partial charge is 0.307 e. The van der Waals surface area contributed by atoms with E-state index in [1.807, 2.05) is 0 Å². The molecule has 1 rings (SSSR count). The molecule has 3 heteroatoms. The summed E-state index contributed by atoms with van der Waals surface area (Å²) in [6.07, 6.45) is 14.2. The lowest BCUT2D eigenvalue weighted by molar-refractivity contribution is -0.149. The molecule has 1 N–H and O–H groups in total. The van der Waals surface area contributed by atoms with Crippen molar-refractivity contribution in [3.8, 4) is 0 Å². The molecule has 1 fully saturated rings. The molecule has 1 aliphatic heterocycles. The van der Waals surface area contributed by atoms with Gasteiger partial charge < -0.3 is 4.74 Å². The number of carbonyl (C=O) groups is 1. The van der Waals surface area contributed by atoms with Crippen LogP contribution in [0.4, 0.5) is 0 Å². The van der Waals surface area contributed by atoms with Gasteiger partial charge in [-0.25, -0.2) is 0 Å². The van der Waals surface area contributed by atoms with Crippen LogP contribution < -0.4 is 5.32 Å². The molecule has 0 aromatic rings. The molecular formula is C16H31NO2. The summed E-state index contributed by atoms with van der Waals surface area (Å²) in [6.45, 7) is 3.23. The van der Waals surface area contributed by atoms with E-state index < -0.39 is 0 Å². The Labute approximate surface area is 118 Å². The molecule has 112 valence electrons. The third-order valence-electron chi connectivity index (χ3n) is 3.77. The Morgan fingerprint density at radius 3 is 2.26 bits per heavy atom. The molecular weight excluding hydrogens is 238 g/mol. The summed E-state index contributed by atoms with van der Waals surface area (Å²) in [5, 5.41) is 3.18. The minimum Gasteiger partial charge on any atom is -0.447 e. The molecule has 1 atom stereocenters. The second-order valence-electron chi connectivity index (χ2n) is 5.65. The summed E-state index contributed by atoms with van der Waals surface area (Å²) < 4.78 is 5.33. The minimum atomic E-state index is -0.0256. The fourth-order valence-corrected chi connectivity index (χ4v) is 2.55. The first-order valence-electron chi connectivity index (χ1n) is 8.26. The SMILES string of the molecule is CCCCCCCCCCCC(=O)OC1CCCN1. The molecule has 1 unspecified atom stereocenters. The summed E-state index contributed by atoms with van der Waals surface area (Å²) in [6, 6.07) is 0. The van der Waals surface area contributed by atoms with Gasteiger partial charge in [0.1, 0.15) is 0 Å². The second-order valence-corrected chi connectivity index (χ2v) is 5.65. The Morgan fingerprint density at radius 1 is 1.05 bits per heavy atom. The molecule has 3 nitrogen and oxygen atoms in total. The third-order valence-corrected chi connectivity index (χ3v) is 3.77. The number of esters is 1. The van der Waals surface area contributed by atoms with Crippen LogP contribution in [0.5, 0.6) is 0 Å². The maximum Gasteiger partial charge on any atom is 0.307 e. The van der Waals surface area contributed by atoms with Gasteiger partial charge in [0, 0.05) is 6.42 Å². The molecule has 19 heavy (non-hydrogen) atoms. The van der Waals surface area contributed by atoms with Crippen molar-refractivity contribution in [2.45, 2.75) is 90.2 Å². The largest absolute Gasteiger partial charge is 0.447 e. The Bertz CT molecular complexity index is 225. The molecule has 0 aromatic carbocycles. The van der Waals surface area contributed by atoms with Crippen molar-refractivity contribution in [3.63, 3.8) is 0 Å². The van der Waals surface area contributed by atoms with E-state index in [1.165, 1.54) is 51.4 Å². The van der Waals surface area contributed by atoms with Gasteiger partial charge in [0.15, 0.2) is 6.23 Å². The van der Waals surface area contributed by atoms with E-state index in [1.54, 1.807) is 0 Å². The lowest BCUT2D eigenvalue weighted by atomic mass is 10.1. The maximum absolute atomic E-state index is 11.5. The first-order chi connectivity index (χ1) is 9.33. The highest BCUT2D eigenvalue weighted by molar-refractivity contribution is 5.69. The van der Waals surface area contributed by atoms with Crippen molar-refractivity contribution in [2.75, 3.05) is 6.54 Å². The average molecular weight is 269 g/mol. The zero-order valence-electron chi connectivity index (χ0n) is 12.6. The van der Waals surface area contributed by atoms with Crippen LogP contribution in [-0.2, 0) is 9.53 Å². The van der Waals surface area contributed by atoms with Crippen LogP contribution in [0.2, 0.25) is 0 Å². The molecule has 0 saturated carbocycles. The van der Waals surface area contributed by atoms with Crippen molar-refractivity contribution in [2.24, 2.45) is 0 Å². The highest BCUT2D eigenvalue weighted by atomic mass is 16.6. The standard InChI is InChI=1S/C16H31NO2/c1-2-3-4-5-6-7-8-9-10-13-16(18)19-15-12-11-14-17-15/h15,17H,2-14H2,1H3. The topological polar surface area (TPSA) is 38.3 Å².